The molecule has 4 aromatic rings. The largest absolute Gasteiger partial charge is 0.490 e. The van der Waals surface area contributed by atoms with E-state index >= 15 is 0 Å². The van der Waals surface area contributed by atoms with Gasteiger partial charge in [0.25, 0.3) is 5.91 Å². The molecule has 0 atom stereocenters. The van der Waals surface area contributed by atoms with Gasteiger partial charge in [-0.05, 0) is 101 Å². The van der Waals surface area contributed by atoms with E-state index in [4.69, 9.17) is 25.8 Å². The minimum absolute atomic E-state index is 0.0502. The minimum atomic E-state index is -0.527. The van der Waals surface area contributed by atoms with Gasteiger partial charge >= 0.3 is 0 Å². The third kappa shape index (κ3) is 8.73. The highest BCUT2D eigenvalue weighted by Crippen LogP contribution is 2.35. The fraction of sp³-hybridized carbons (Fsp3) is 0.125. The molecule has 0 saturated heterocycles. The molecular formula is C32H25BrClIN2O4. The molecule has 0 bridgehead atoms. The number of carbonyl (C=O) groups is 1. The van der Waals surface area contributed by atoms with Crippen LogP contribution >= 0.6 is 50.1 Å². The van der Waals surface area contributed by atoms with Crippen LogP contribution in [0, 0.1) is 14.9 Å². The van der Waals surface area contributed by atoms with E-state index in [9.17, 15) is 10.1 Å². The van der Waals surface area contributed by atoms with E-state index in [0.29, 0.717) is 53.3 Å². The van der Waals surface area contributed by atoms with Gasteiger partial charge in [0.05, 0.1) is 10.2 Å². The molecule has 1 amide bonds. The second kappa shape index (κ2) is 14.9. The molecule has 0 radical (unpaired) electrons. The van der Waals surface area contributed by atoms with Crippen molar-refractivity contribution < 1.29 is 19.0 Å². The number of nitriles is 1. The Hall–Kier alpha value is -3.52. The number of anilines is 1. The Morgan fingerprint density at radius 3 is 2.41 bits per heavy atom. The maximum Gasteiger partial charge on any atom is 0.266 e. The zero-order valence-electron chi connectivity index (χ0n) is 22.0. The quantitative estimate of drug-likeness (QED) is 0.0944. The Morgan fingerprint density at radius 2 is 1.73 bits per heavy atom. The number of rotatable bonds is 11. The molecule has 208 valence electrons. The predicted molar refractivity (Wildman–Crippen MR) is 173 cm³/mol. The first-order valence-corrected chi connectivity index (χ1v) is 14.8. The normalized spacial score (nSPS) is 11.0. The summed E-state index contributed by atoms with van der Waals surface area (Å²) in [7, 11) is 0. The summed E-state index contributed by atoms with van der Waals surface area (Å²) < 4.78 is 19.5. The van der Waals surface area contributed by atoms with Crippen molar-refractivity contribution in [2.24, 2.45) is 0 Å². The summed E-state index contributed by atoms with van der Waals surface area (Å²) in [4.78, 5) is 12.9. The molecule has 4 rings (SSSR count). The van der Waals surface area contributed by atoms with E-state index < -0.39 is 5.91 Å². The topological polar surface area (TPSA) is 80.6 Å². The smallest absolute Gasteiger partial charge is 0.266 e. The van der Waals surface area contributed by atoms with E-state index in [1.165, 1.54) is 6.08 Å². The summed E-state index contributed by atoms with van der Waals surface area (Å²) in [5.41, 5.74) is 3.01. The van der Waals surface area contributed by atoms with Crippen molar-refractivity contribution in [2.45, 2.75) is 20.1 Å². The lowest BCUT2D eigenvalue weighted by Gasteiger charge is -2.15. The van der Waals surface area contributed by atoms with E-state index in [-0.39, 0.29) is 5.57 Å². The molecule has 0 heterocycles. The van der Waals surface area contributed by atoms with E-state index in [0.717, 1.165) is 19.2 Å². The number of hydrogen-bond acceptors (Lipinski definition) is 5. The van der Waals surface area contributed by atoms with Crippen LogP contribution in [0.1, 0.15) is 23.6 Å². The number of carbonyl (C=O) groups excluding carboxylic acids is 1. The predicted octanol–water partition coefficient (Wildman–Crippen LogP) is 8.81. The lowest BCUT2D eigenvalue weighted by atomic mass is 10.1. The van der Waals surface area contributed by atoms with Crippen LogP contribution in [0.25, 0.3) is 6.08 Å². The number of hydrogen-bond donors (Lipinski definition) is 1. The van der Waals surface area contributed by atoms with E-state index in [1.54, 1.807) is 30.3 Å². The average Bonchev–Trinajstić information content (AvgIpc) is 2.97. The number of halogens is 3. The molecule has 41 heavy (non-hydrogen) atoms. The van der Waals surface area contributed by atoms with E-state index in [2.05, 4.69) is 43.8 Å². The molecule has 0 unspecified atom stereocenters. The van der Waals surface area contributed by atoms with Gasteiger partial charge in [0.15, 0.2) is 11.5 Å². The average molecular weight is 744 g/mol. The molecule has 1 N–H and O–H groups in total. The molecule has 0 aromatic heterocycles. The summed E-state index contributed by atoms with van der Waals surface area (Å²) in [6.45, 7) is 3.01. The maximum absolute atomic E-state index is 12.9. The van der Waals surface area contributed by atoms with Crippen LogP contribution in [0.15, 0.2) is 95.0 Å². The van der Waals surface area contributed by atoms with Gasteiger partial charge in [0, 0.05) is 20.7 Å². The van der Waals surface area contributed by atoms with Crippen molar-refractivity contribution in [3.8, 4) is 23.3 Å². The van der Waals surface area contributed by atoms with Gasteiger partial charge in [0.1, 0.15) is 30.6 Å². The Labute approximate surface area is 266 Å². The minimum Gasteiger partial charge on any atom is -0.490 e. The van der Waals surface area contributed by atoms with Crippen LogP contribution < -0.4 is 19.5 Å². The molecular weight excluding hydrogens is 719 g/mol. The third-order valence-corrected chi connectivity index (χ3v) is 7.47. The van der Waals surface area contributed by atoms with Gasteiger partial charge in [-0.3, -0.25) is 4.79 Å². The standard InChI is InChI=1S/C32H25BrClIN2O4/c1-2-39-30-17-22(16-29(35)31(30)41-19-21-7-9-25(33)10-8-21)15-24(18-36)32(38)37-26-11-13-27(14-12-26)40-20-23-5-3-4-6-28(23)34/h3-17H,2,19-20H2,1H3,(H,37,38)/b24-15+. The second-order valence-corrected chi connectivity index (χ2v) is 11.2. The van der Waals surface area contributed by atoms with Gasteiger partial charge < -0.3 is 19.5 Å². The van der Waals surface area contributed by atoms with Crippen LogP contribution in [0.4, 0.5) is 5.69 Å². The maximum atomic E-state index is 12.9. The molecule has 0 fully saturated rings. The van der Waals surface area contributed by atoms with Gasteiger partial charge in [-0.1, -0.05) is 57.9 Å². The highest BCUT2D eigenvalue weighted by molar-refractivity contribution is 14.1. The van der Waals surface area contributed by atoms with Crippen LogP contribution in [0.5, 0.6) is 17.2 Å². The Kier molecular flexibility index (Phi) is 11.1. The van der Waals surface area contributed by atoms with Gasteiger partial charge in [-0.2, -0.15) is 5.26 Å². The van der Waals surface area contributed by atoms with Crippen LogP contribution in [0.3, 0.4) is 0 Å². The summed E-state index contributed by atoms with van der Waals surface area (Å²) in [5, 5.41) is 13.1. The lowest BCUT2D eigenvalue weighted by Crippen LogP contribution is -2.13. The van der Waals surface area contributed by atoms with E-state index in [1.807, 2.05) is 67.6 Å². The highest BCUT2D eigenvalue weighted by atomic mass is 127. The SMILES string of the molecule is CCOc1cc(/C=C(\C#N)C(=O)Nc2ccc(OCc3ccccc3Cl)cc2)cc(I)c1OCc1ccc(Br)cc1. The van der Waals surface area contributed by atoms with Gasteiger partial charge in [-0.15, -0.1) is 0 Å². The van der Waals surface area contributed by atoms with Crippen molar-refractivity contribution in [1.82, 2.24) is 0 Å². The highest BCUT2D eigenvalue weighted by Gasteiger charge is 2.15. The number of nitrogens with one attached hydrogen (secondary N) is 1. The fourth-order valence-electron chi connectivity index (χ4n) is 3.74. The first-order valence-electron chi connectivity index (χ1n) is 12.6. The second-order valence-electron chi connectivity index (χ2n) is 8.71. The fourth-order valence-corrected chi connectivity index (χ4v) is 4.97. The first kappa shape index (κ1) is 30.4. The molecule has 0 saturated carbocycles. The molecule has 0 aliphatic rings. The van der Waals surface area contributed by atoms with Crippen LogP contribution in [-0.2, 0) is 18.0 Å². The van der Waals surface area contributed by atoms with Gasteiger partial charge in [-0.25, -0.2) is 0 Å². The number of benzene rings is 4. The Bertz CT molecular complexity index is 1590. The summed E-state index contributed by atoms with van der Waals surface area (Å²) in [6, 6.07) is 27.9. The van der Waals surface area contributed by atoms with Crippen LogP contribution in [-0.4, -0.2) is 12.5 Å². The summed E-state index contributed by atoms with van der Waals surface area (Å²) in [5.74, 6) is 1.24. The van der Waals surface area contributed by atoms with Crippen molar-refractivity contribution in [1.29, 1.82) is 5.26 Å². The first-order chi connectivity index (χ1) is 19.9. The molecule has 6 nitrogen and oxygen atoms in total. The Morgan fingerprint density at radius 1 is 1.00 bits per heavy atom. The number of amides is 1. The van der Waals surface area contributed by atoms with Crippen molar-refractivity contribution in [2.75, 3.05) is 11.9 Å². The van der Waals surface area contributed by atoms with Crippen molar-refractivity contribution >= 4 is 67.8 Å². The lowest BCUT2D eigenvalue weighted by molar-refractivity contribution is -0.112. The molecule has 0 aliphatic carbocycles. The third-order valence-electron chi connectivity index (χ3n) is 5.77. The number of ether oxygens (including phenoxy) is 3. The monoisotopic (exact) mass is 742 g/mol. The summed E-state index contributed by atoms with van der Waals surface area (Å²) >= 11 is 11.8. The van der Waals surface area contributed by atoms with Gasteiger partial charge in [0.2, 0.25) is 0 Å². The zero-order valence-corrected chi connectivity index (χ0v) is 26.5. The molecule has 4 aromatic carbocycles. The molecule has 0 spiro atoms. The zero-order chi connectivity index (χ0) is 29.2. The van der Waals surface area contributed by atoms with Crippen molar-refractivity contribution in [3.05, 3.63) is 120 Å². The number of nitrogens with zero attached hydrogens (tertiary/aromatic N) is 1. The molecule has 9 heteroatoms. The summed E-state index contributed by atoms with van der Waals surface area (Å²) in [6.07, 6.45) is 1.53. The molecule has 0 aliphatic heterocycles. The van der Waals surface area contributed by atoms with Crippen molar-refractivity contribution in [3.63, 3.8) is 0 Å². The Balaban J connectivity index is 1.44. The van der Waals surface area contributed by atoms with Crippen LogP contribution in [0.2, 0.25) is 5.02 Å².